The third-order valence-corrected chi connectivity index (χ3v) is 6.49. The summed E-state index contributed by atoms with van der Waals surface area (Å²) < 4.78 is 27.1. The average Bonchev–Trinajstić information content (AvgIpc) is 2.66. The summed E-state index contributed by atoms with van der Waals surface area (Å²) in [6.45, 7) is 2.54. The van der Waals surface area contributed by atoms with E-state index in [2.05, 4.69) is 22.6 Å². The molecule has 1 unspecified atom stereocenters. The second kappa shape index (κ2) is 4.83. The molecule has 0 aliphatic carbocycles. The number of nitrogens with zero attached hydrogens (tertiary/aromatic N) is 1. The Morgan fingerprint density at radius 1 is 1.38 bits per heavy atom. The van der Waals surface area contributed by atoms with Crippen LogP contribution in [0.4, 0.5) is 0 Å². The van der Waals surface area contributed by atoms with Crippen LogP contribution in [0.5, 0.6) is 0 Å². The minimum absolute atomic E-state index is 0.0456. The molecule has 3 nitrogen and oxygen atoms in total. The van der Waals surface area contributed by atoms with E-state index in [4.69, 9.17) is 0 Å². The van der Waals surface area contributed by atoms with Crippen LogP contribution in [0.2, 0.25) is 0 Å². The molecular formula is C10H12INO2S2. The first-order valence-electron chi connectivity index (χ1n) is 4.91. The van der Waals surface area contributed by atoms with Gasteiger partial charge in [0.2, 0.25) is 10.0 Å². The Labute approximate surface area is 114 Å². The topological polar surface area (TPSA) is 37.4 Å². The Balaban J connectivity index is 2.35. The molecule has 1 atom stereocenters. The molecule has 88 valence electrons. The summed E-state index contributed by atoms with van der Waals surface area (Å²) in [4.78, 5) is 0.391. The van der Waals surface area contributed by atoms with Crippen molar-refractivity contribution in [3.05, 3.63) is 27.8 Å². The van der Waals surface area contributed by atoms with Gasteiger partial charge in [-0.3, -0.25) is 0 Å². The van der Waals surface area contributed by atoms with Crippen LogP contribution in [-0.2, 0) is 10.0 Å². The van der Waals surface area contributed by atoms with E-state index < -0.39 is 10.0 Å². The summed E-state index contributed by atoms with van der Waals surface area (Å²) in [7, 11) is -3.30. The summed E-state index contributed by atoms with van der Waals surface area (Å²) in [5.74, 6) is 0.880. The van der Waals surface area contributed by atoms with Crippen molar-refractivity contribution in [1.29, 1.82) is 0 Å². The smallest absolute Gasteiger partial charge is 0.207 e. The molecule has 0 saturated carbocycles. The molecule has 1 fully saturated rings. The second-order valence-corrected chi connectivity index (χ2v) is 8.10. The summed E-state index contributed by atoms with van der Waals surface area (Å²) in [6, 6.07) is 6.99. The Morgan fingerprint density at radius 2 is 2.00 bits per heavy atom. The fourth-order valence-corrected chi connectivity index (χ4v) is 5.02. The van der Waals surface area contributed by atoms with E-state index in [0.29, 0.717) is 11.4 Å². The van der Waals surface area contributed by atoms with Crippen molar-refractivity contribution >= 4 is 44.4 Å². The normalized spacial score (nSPS) is 22.5. The van der Waals surface area contributed by atoms with Gasteiger partial charge in [0.15, 0.2) is 0 Å². The first-order chi connectivity index (χ1) is 7.51. The van der Waals surface area contributed by atoms with Crippen molar-refractivity contribution in [3.63, 3.8) is 0 Å². The molecule has 0 radical (unpaired) electrons. The Hall–Kier alpha value is 0.210. The lowest BCUT2D eigenvalue weighted by Crippen LogP contribution is -2.33. The summed E-state index contributed by atoms with van der Waals surface area (Å²) in [6.07, 6.45) is 0. The molecule has 1 aromatic carbocycles. The van der Waals surface area contributed by atoms with Gasteiger partial charge < -0.3 is 0 Å². The monoisotopic (exact) mass is 369 g/mol. The van der Waals surface area contributed by atoms with E-state index in [1.54, 1.807) is 28.2 Å². The third-order valence-electron chi connectivity index (χ3n) is 2.50. The third kappa shape index (κ3) is 2.39. The number of halogens is 1. The second-order valence-electron chi connectivity index (χ2n) is 3.54. The standard InChI is InChI=1S/C10H12INO2S2/c1-8-12(6-7-15-8)16(13,14)10-4-2-9(11)3-5-10/h2-5,8H,6-7H2,1H3. The number of benzene rings is 1. The Bertz CT molecular complexity index is 472. The lowest BCUT2D eigenvalue weighted by atomic mass is 10.4. The number of hydrogen-bond donors (Lipinski definition) is 0. The molecule has 1 aliphatic heterocycles. The predicted octanol–water partition coefficient (Wildman–Crippen LogP) is 2.37. The Kier molecular flexibility index (Phi) is 3.82. The molecule has 1 saturated heterocycles. The van der Waals surface area contributed by atoms with E-state index in [-0.39, 0.29) is 5.37 Å². The van der Waals surface area contributed by atoms with Crippen LogP contribution in [0.25, 0.3) is 0 Å². The molecule has 0 bridgehead atoms. The molecule has 1 heterocycles. The van der Waals surface area contributed by atoms with Crippen LogP contribution < -0.4 is 0 Å². The lowest BCUT2D eigenvalue weighted by Gasteiger charge is -2.19. The highest BCUT2D eigenvalue weighted by Gasteiger charge is 2.32. The van der Waals surface area contributed by atoms with Crippen molar-refractivity contribution in [3.8, 4) is 0 Å². The van der Waals surface area contributed by atoms with E-state index in [9.17, 15) is 8.42 Å². The maximum Gasteiger partial charge on any atom is 0.244 e. The fraction of sp³-hybridized carbons (Fsp3) is 0.400. The summed E-state index contributed by atoms with van der Waals surface area (Å²) in [5.41, 5.74) is 0. The first kappa shape index (κ1) is 12.7. The first-order valence-corrected chi connectivity index (χ1v) is 8.47. The molecular weight excluding hydrogens is 357 g/mol. The highest BCUT2D eigenvalue weighted by Crippen LogP contribution is 2.29. The van der Waals surface area contributed by atoms with Crippen molar-refractivity contribution in [2.75, 3.05) is 12.3 Å². The van der Waals surface area contributed by atoms with E-state index in [1.165, 1.54) is 0 Å². The van der Waals surface area contributed by atoms with Gasteiger partial charge in [-0.1, -0.05) is 0 Å². The molecule has 1 aliphatic rings. The van der Waals surface area contributed by atoms with E-state index in [0.717, 1.165) is 9.32 Å². The number of rotatable bonds is 2. The maximum absolute atomic E-state index is 12.3. The van der Waals surface area contributed by atoms with Gasteiger partial charge in [-0.05, 0) is 53.8 Å². The molecule has 16 heavy (non-hydrogen) atoms. The largest absolute Gasteiger partial charge is 0.244 e. The van der Waals surface area contributed by atoms with Crippen LogP contribution in [0.1, 0.15) is 6.92 Å². The average molecular weight is 369 g/mol. The zero-order valence-corrected chi connectivity index (χ0v) is 12.5. The molecule has 0 spiro atoms. The SMILES string of the molecule is CC1SCCN1S(=O)(=O)c1ccc(I)cc1. The molecule has 0 amide bonds. The quantitative estimate of drug-likeness (QED) is 0.752. The van der Waals surface area contributed by atoms with E-state index in [1.807, 2.05) is 19.1 Å². The zero-order valence-electron chi connectivity index (χ0n) is 8.76. The number of hydrogen-bond acceptors (Lipinski definition) is 3. The van der Waals surface area contributed by atoms with Crippen molar-refractivity contribution < 1.29 is 8.42 Å². The van der Waals surface area contributed by atoms with Gasteiger partial charge in [0.1, 0.15) is 0 Å². The molecule has 0 N–H and O–H groups in total. The van der Waals surface area contributed by atoms with Gasteiger partial charge in [0.25, 0.3) is 0 Å². The maximum atomic E-state index is 12.3. The van der Waals surface area contributed by atoms with Crippen molar-refractivity contribution in [1.82, 2.24) is 4.31 Å². The van der Waals surface area contributed by atoms with Gasteiger partial charge in [-0.2, -0.15) is 4.31 Å². The number of thioether (sulfide) groups is 1. The highest BCUT2D eigenvalue weighted by atomic mass is 127. The van der Waals surface area contributed by atoms with Crippen LogP contribution >= 0.6 is 34.4 Å². The minimum Gasteiger partial charge on any atom is -0.207 e. The highest BCUT2D eigenvalue weighted by molar-refractivity contribution is 14.1. The Morgan fingerprint density at radius 3 is 2.50 bits per heavy atom. The summed E-state index contributed by atoms with van der Waals surface area (Å²) in [5, 5.41) is 0.0456. The fourth-order valence-electron chi connectivity index (χ4n) is 1.64. The van der Waals surface area contributed by atoms with Crippen LogP contribution in [0.3, 0.4) is 0 Å². The molecule has 2 rings (SSSR count). The molecule has 1 aromatic rings. The van der Waals surface area contributed by atoms with Gasteiger partial charge in [0.05, 0.1) is 10.3 Å². The number of sulfonamides is 1. The van der Waals surface area contributed by atoms with Crippen LogP contribution in [0.15, 0.2) is 29.2 Å². The predicted molar refractivity (Wildman–Crippen MR) is 75.0 cm³/mol. The zero-order chi connectivity index (χ0) is 11.8. The van der Waals surface area contributed by atoms with Crippen molar-refractivity contribution in [2.24, 2.45) is 0 Å². The van der Waals surface area contributed by atoms with Gasteiger partial charge in [-0.15, -0.1) is 11.8 Å². The minimum atomic E-state index is -3.30. The van der Waals surface area contributed by atoms with Gasteiger partial charge in [-0.25, -0.2) is 8.42 Å². The molecule has 6 heteroatoms. The summed E-state index contributed by atoms with van der Waals surface area (Å²) >= 11 is 3.84. The van der Waals surface area contributed by atoms with Crippen LogP contribution in [-0.4, -0.2) is 30.4 Å². The lowest BCUT2D eigenvalue weighted by molar-refractivity contribution is 0.442. The van der Waals surface area contributed by atoms with Crippen LogP contribution in [0, 0.1) is 3.57 Å². The van der Waals surface area contributed by atoms with E-state index >= 15 is 0 Å². The molecule has 0 aromatic heterocycles. The van der Waals surface area contributed by atoms with Crippen molar-refractivity contribution in [2.45, 2.75) is 17.2 Å². The van der Waals surface area contributed by atoms with Gasteiger partial charge in [0, 0.05) is 15.9 Å². The van der Waals surface area contributed by atoms with Gasteiger partial charge >= 0.3 is 0 Å².